The highest BCUT2D eigenvalue weighted by Crippen LogP contribution is 2.38. The van der Waals surface area contributed by atoms with E-state index in [2.05, 4.69) is 15.8 Å². The van der Waals surface area contributed by atoms with Crippen molar-refractivity contribution in [1.82, 2.24) is 15.4 Å². The van der Waals surface area contributed by atoms with Crippen LogP contribution < -0.4 is 15.6 Å². The van der Waals surface area contributed by atoms with Gasteiger partial charge in [-0.25, -0.2) is 15.0 Å². The largest absolute Gasteiger partial charge is 0.465 e. The first-order valence-electron chi connectivity index (χ1n) is 12.0. The minimum Gasteiger partial charge on any atom is -0.465 e. The maximum Gasteiger partial charge on any atom is 0.347 e. The third kappa shape index (κ3) is 6.45. The van der Waals surface area contributed by atoms with E-state index >= 15 is 0 Å². The summed E-state index contributed by atoms with van der Waals surface area (Å²) in [7, 11) is 0. The van der Waals surface area contributed by atoms with Gasteiger partial charge in [-0.15, -0.1) is 0 Å². The van der Waals surface area contributed by atoms with E-state index < -0.39 is 36.2 Å². The monoisotopic (exact) mass is 584 g/mol. The number of carbonyl (C=O) groups is 3. The molecule has 2 heterocycles. The Morgan fingerprint density at radius 3 is 2.38 bits per heavy atom. The Morgan fingerprint density at radius 1 is 1.10 bits per heavy atom. The Labute approximate surface area is 240 Å². The standard InChI is InChI=1S/C27H26Cl2N6O5/c1-27(2)24(35(39)25(37)31-20-11-7-18(28)8-12-20)34(21-13-9-19(29)10-14-21)26(38)33(27)17-23(36)32-30-15-3-5-22-6-4-16-40-22/h3-16,24,39H,17H2,1-2H3,(H,31,37)(H,32,36). The fourth-order valence-electron chi connectivity index (χ4n) is 4.15. The van der Waals surface area contributed by atoms with Gasteiger partial charge in [0.1, 0.15) is 12.3 Å². The van der Waals surface area contributed by atoms with Gasteiger partial charge in [0.2, 0.25) is 0 Å². The number of anilines is 2. The lowest BCUT2D eigenvalue weighted by molar-refractivity contribution is -0.124. The number of urea groups is 2. The summed E-state index contributed by atoms with van der Waals surface area (Å²) in [5, 5.41) is 18.9. The fourth-order valence-corrected chi connectivity index (χ4v) is 4.40. The summed E-state index contributed by atoms with van der Waals surface area (Å²) in [5.41, 5.74) is 1.85. The van der Waals surface area contributed by atoms with E-state index in [0.717, 1.165) is 0 Å². The van der Waals surface area contributed by atoms with Crippen molar-refractivity contribution in [3.05, 3.63) is 88.8 Å². The zero-order valence-electron chi connectivity index (χ0n) is 21.5. The molecule has 3 aromatic rings. The number of hydroxylamine groups is 2. The van der Waals surface area contributed by atoms with Crippen LogP contribution in [0.15, 0.2) is 82.5 Å². The molecule has 208 valence electrons. The topological polar surface area (TPSA) is 131 Å². The van der Waals surface area contributed by atoms with Gasteiger partial charge >= 0.3 is 12.1 Å². The molecule has 0 saturated carbocycles. The van der Waals surface area contributed by atoms with Gasteiger partial charge in [0, 0.05) is 27.6 Å². The summed E-state index contributed by atoms with van der Waals surface area (Å²) >= 11 is 11.9. The van der Waals surface area contributed by atoms with Crippen molar-refractivity contribution >= 4 is 64.8 Å². The van der Waals surface area contributed by atoms with Gasteiger partial charge in [0.15, 0.2) is 6.17 Å². The lowest BCUT2D eigenvalue weighted by atomic mass is 9.99. The average molecular weight is 585 g/mol. The second-order valence-corrected chi connectivity index (χ2v) is 10.1. The zero-order valence-corrected chi connectivity index (χ0v) is 23.0. The van der Waals surface area contributed by atoms with Gasteiger partial charge in [-0.3, -0.25) is 14.9 Å². The predicted molar refractivity (Wildman–Crippen MR) is 152 cm³/mol. The van der Waals surface area contributed by atoms with Crippen LogP contribution in [0.1, 0.15) is 19.6 Å². The molecular formula is C27H26Cl2N6O5. The van der Waals surface area contributed by atoms with Gasteiger partial charge in [0.25, 0.3) is 5.91 Å². The van der Waals surface area contributed by atoms with Crippen LogP contribution >= 0.6 is 23.2 Å². The minimum atomic E-state index is -1.25. The van der Waals surface area contributed by atoms with Gasteiger partial charge in [-0.05, 0) is 86.7 Å². The van der Waals surface area contributed by atoms with Crippen LogP contribution in [0.2, 0.25) is 10.0 Å². The first kappa shape index (κ1) is 28.7. The Morgan fingerprint density at radius 2 is 1.75 bits per heavy atom. The normalized spacial score (nSPS) is 16.6. The van der Waals surface area contributed by atoms with E-state index in [1.165, 1.54) is 22.3 Å². The number of nitrogens with one attached hydrogen (secondary N) is 2. The van der Waals surface area contributed by atoms with Gasteiger partial charge in [-0.2, -0.15) is 10.2 Å². The van der Waals surface area contributed by atoms with Crippen molar-refractivity contribution in [2.75, 3.05) is 16.8 Å². The van der Waals surface area contributed by atoms with Crippen LogP contribution in [0, 0.1) is 0 Å². The van der Waals surface area contributed by atoms with Crippen LogP contribution in [0.25, 0.3) is 6.08 Å². The quantitative estimate of drug-likeness (QED) is 0.178. The molecule has 1 aliphatic heterocycles. The van der Waals surface area contributed by atoms with E-state index in [9.17, 15) is 19.6 Å². The Kier molecular flexibility index (Phi) is 8.78. The first-order chi connectivity index (χ1) is 19.1. The highest BCUT2D eigenvalue weighted by molar-refractivity contribution is 6.31. The Bertz CT molecular complexity index is 1410. The minimum absolute atomic E-state index is 0.356. The van der Waals surface area contributed by atoms with E-state index in [-0.39, 0.29) is 0 Å². The number of furan rings is 1. The molecule has 1 atom stereocenters. The highest BCUT2D eigenvalue weighted by atomic mass is 35.5. The molecule has 3 N–H and O–H groups in total. The van der Waals surface area contributed by atoms with Crippen molar-refractivity contribution in [1.29, 1.82) is 0 Å². The number of rotatable bonds is 8. The molecule has 11 nitrogen and oxygen atoms in total. The Balaban J connectivity index is 1.54. The summed E-state index contributed by atoms with van der Waals surface area (Å²) in [5.74, 6) is 0.0278. The highest BCUT2D eigenvalue weighted by Gasteiger charge is 2.56. The molecule has 1 saturated heterocycles. The van der Waals surface area contributed by atoms with Crippen molar-refractivity contribution in [3.63, 3.8) is 0 Å². The van der Waals surface area contributed by atoms with Crippen LogP contribution in [0.3, 0.4) is 0 Å². The van der Waals surface area contributed by atoms with Gasteiger partial charge in [0.05, 0.1) is 11.8 Å². The number of nitrogens with zero attached hydrogens (tertiary/aromatic N) is 4. The molecule has 1 aromatic heterocycles. The van der Waals surface area contributed by atoms with Crippen molar-refractivity contribution in [2.24, 2.45) is 5.10 Å². The second kappa shape index (κ2) is 12.2. The molecule has 1 fully saturated rings. The number of carbonyl (C=O) groups excluding carboxylic acids is 3. The number of allylic oxidation sites excluding steroid dienone is 1. The molecule has 5 amide bonds. The molecule has 4 rings (SSSR count). The number of hydrogen-bond acceptors (Lipinski definition) is 6. The van der Waals surface area contributed by atoms with Gasteiger partial charge in [-0.1, -0.05) is 23.2 Å². The summed E-state index contributed by atoms with van der Waals surface area (Å²) in [6, 6.07) is 14.6. The number of halogens is 2. The summed E-state index contributed by atoms with van der Waals surface area (Å²) in [6.45, 7) is 2.86. The number of hydrogen-bond donors (Lipinski definition) is 3. The third-order valence-corrected chi connectivity index (χ3v) is 6.61. The van der Waals surface area contributed by atoms with E-state index in [1.54, 1.807) is 86.7 Å². The zero-order chi connectivity index (χ0) is 28.9. The fraction of sp³-hybridized carbons (Fsp3) is 0.185. The van der Waals surface area contributed by atoms with Crippen LogP contribution in [-0.4, -0.2) is 57.6 Å². The predicted octanol–water partition coefficient (Wildman–Crippen LogP) is 5.67. The molecule has 40 heavy (non-hydrogen) atoms. The lowest BCUT2D eigenvalue weighted by Gasteiger charge is -2.38. The van der Waals surface area contributed by atoms with Crippen LogP contribution in [-0.2, 0) is 4.79 Å². The molecular weight excluding hydrogens is 559 g/mol. The van der Waals surface area contributed by atoms with Crippen molar-refractivity contribution in [2.45, 2.75) is 25.6 Å². The average Bonchev–Trinajstić information content (AvgIpc) is 3.50. The molecule has 13 heteroatoms. The molecule has 1 unspecified atom stereocenters. The molecule has 0 spiro atoms. The number of hydrazone groups is 1. The third-order valence-electron chi connectivity index (χ3n) is 6.10. The molecule has 0 bridgehead atoms. The SMILES string of the molecule is CC1(C)C(N(O)C(=O)Nc2ccc(Cl)cc2)N(c2ccc(Cl)cc2)C(=O)N1CC(=O)NN=CC=Cc1ccco1. The molecule has 0 aliphatic carbocycles. The number of amides is 5. The summed E-state index contributed by atoms with van der Waals surface area (Å²) in [6.07, 6.45) is 4.88. The van der Waals surface area contributed by atoms with Crippen LogP contribution in [0.5, 0.6) is 0 Å². The summed E-state index contributed by atoms with van der Waals surface area (Å²) < 4.78 is 5.17. The van der Waals surface area contributed by atoms with Crippen molar-refractivity contribution < 1.29 is 24.0 Å². The maximum atomic E-state index is 13.7. The summed E-state index contributed by atoms with van der Waals surface area (Å²) in [4.78, 5) is 41.9. The van der Waals surface area contributed by atoms with Gasteiger partial charge < -0.3 is 14.6 Å². The Hall–Kier alpha value is -4.32. The van der Waals surface area contributed by atoms with E-state index in [0.29, 0.717) is 32.2 Å². The number of benzene rings is 2. The maximum absolute atomic E-state index is 13.7. The first-order valence-corrected chi connectivity index (χ1v) is 12.8. The lowest BCUT2D eigenvalue weighted by Crippen LogP contribution is -2.58. The molecule has 1 aliphatic rings. The smallest absolute Gasteiger partial charge is 0.347 e. The molecule has 2 aromatic carbocycles. The second-order valence-electron chi connectivity index (χ2n) is 9.21. The van der Waals surface area contributed by atoms with E-state index in [4.69, 9.17) is 27.6 Å². The van der Waals surface area contributed by atoms with E-state index in [1.807, 2.05) is 0 Å². The van der Waals surface area contributed by atoms with Crippen molar-refractivity contribution in [3.8, 4) is 0 Å². The van der Waals surface area contributed by atoms with Crippen LogP contribution in [0.4, 0.5) is 21.0 Å². The molecule has 0 radical (unpaired) electrons.